The van der Waals surface area contributed by atoms with Crippen LogP contribution in [-0.2, 0) is 14.3 Å². The molecule has 0 spiro atoms. The Morgan fingerprint density at radius 1 is 0.892 bits per heavy atom. The summed E-state index contributed by atoms with van der Waals surface area (Å²) in [5.74, 6) is 1.41. The van der Waals surface area contributed by atoms with Crippen LogP contribution in [0.3, 0.4) is 0 Å². The minimum absolute atomic E-state index is 0.0101. The second kappa shape index (κ2) is 11.5. The zero-order chi connectivity index (χ0) is 25.6. The van der Waals surface area contributed by atoms with Gasteiger partial charge >= 0.3 is 5.97 Å². The second-order valence-corrected chi connectivity index (χ2v) is 9.76. The molecule has 7 heteroatoms. The van der Waals surface area contributed by atoms with Crippen LogP contribution in [0.2, 0.25) is 0 Å². The third-order valence-electron chi connectivity index (χ3n) is 7.23. The van der Waals surface area contributed by atoms with E-state index >= 15 is 0 Å². The van der Waals surface area contributed by atoms with E-state index in [0.29, 0.717) is 17.2 Å². The first-order valence-corrected chi connectivity index (χ1v) is 13.0. The monoisotopic (exact) mass is 503 g/mol. The highest BCUT2D eigenvalue weighted by molar-refractivity contribution is 5.85. The molecule has 5 rings (SSSR count). The zero-order valence-electron chi connectivity index (χ0n) is 21.2. The second-order valence-electron chi connectivity index (χ2n) is 9.76. The fraction of sp³-hybridized carbons (Fsp3) is 0.400. The lowest BCUT2D eigenvalue weighted by Gasteiger charge is -2.18. The topological polar surface area (TPSA) is 83.1 Å². The molecule has 0 radical (unpaired) electrons. The molecule has 1 aliphatic heterocycles. The largest absolute Gasteiger partial charge is 0.484 e. The van der Waals surface area contributed by atoms with Crippen LogP contribution in [0.1, 0.15) is 62.0 Å². The van der Waals surface area contributed by atoms with Gasteiger partial charge in [0.05, 0.1) is 13.5 Å². The molecule has 0 aromatic heterocycles. The van der Waals surface area contributed by atoms with E-state index in [1.165, 1.54) is 32.8 Å². The molecule has 7 nitrogen and oxygen atoms in total. The van der Waals surface area contributed by atoms with E-state index < -0.39 is 0 Å². The zero-order valence-corrected chi connectivity index (χ0v) is 21.2. The summed E-state index contributed by atoms with van der Waals surface area (Å²) in [6.45, 7) is 0.182. The average Bonchev–Trinajstić information content (AvgIpc) is 3.25. The molecule has 3 aromatic rings. The summed E-state index contributed by atoms with van der Waals surface area (Å²) in [6, 6.07) is 17.9. The van der Waals surface area contributed by atoms with E-state index in [-0.39, 0.29) is 43.7 Å². The normalized spacial score (nSPS) is 16.1. The van der Waals surface area contributed by atoms with Crippen molar-refractivity contribution in [2.75, 3.05) is 20.5 Å². The van der Waals surface area contributed by atoms with Crippen molar-refractivity contribution in [1.82, 2.24) is 5.32 Å². The maximum Gasteiger partial charge on any atom is 0.306 e. The summed E-state index contributed by atoms with van der Waals surface area (Å²) in [4.78, 5) is 24.8. The SMILES string of the molecule is COC(=O)CC(c1ccc2c(c1)OCO2)c1ccc2ccc(OCC(=O)NC3CCCCCC3)cc2c1. The molecule has 1 unspecified atom stereocenters. The van der Waals surface area contributed by atoms with Crippen molar-refractivity contribution in [3.63, 3.8) is 0 Å². The Morgan fingerprint density at radius 3 is 2.43 bits per heavy atom. The number of esters is 1. The number of amides is 1. The Morgan fingerprint density at radius 2 is 1.62 bits per heavy atom. The predicted molar refractivity (Wildman–Crippen MR) is 140 cm³/mol. The Hall–Kier alpha value is -3.74. The van der Waals surface area contributed by atoms with Crippen LogP contribution in [0, 0.1) is 0 Å². The van der Waals surface area contributed by atoms with Crippen molar-refractivity contribution in [1.29, 1.82) is 0 Å². The molecule has 1 saturated carbocycles. The summed E-state index contributed by atoms with van der Waals surface area (Å²) in [6.07, 6.45) is 7.11. The van der Waals surface area contributed by atoms with Gasteiger partial charge in [-0.25, -0.2) is 0 Å². The van der Waals surface area contributed by atoms with Gasteiger partial charge < -0.3 is 24.3 Å². The van der Waals surface area contributed by atoms with Crippen molar-refractivity contribution >= 4 is 22.6 Å². The Balaban J connectivity index is 1.33. The summed E-state index contributed by atoms with van der Waals surface area (Å²) in [7, 11) is 1.40. The molecular weight excluding hydrogens is 470 g/mol. The summed E-state index contributed by atoms with van der Waals surface area (Å²) in [5.41, 5.74) is 1.91. The predicted octanol–water partition coefficient (Wildman–Crippen LogP) is 5.48. The molecule has 37 heavy (non-hydrogen) atoms. The third kappa shape index (κ3) is 6.16. The highest BCUT2D eigenvalue weighted by Gasteiger charge is 2.23. The van der Waals surface area contributed by atoms with Gasteiger partial charge in [-0.15, -0.1) is 0 Å². The standard InChI is InChI=1S/C30H33NO6/c1-34-30(33)17-26(22-11-13-27-28(16-22)37-19-36-27)21-9-8-20-10-12-25(15-23(20)14-21)35-18-29(32)31-24-6-4-2-3-5-7-24/h8-16,24,26H,2-7,17-19H2,1H3,(H,31,32). The van der Waals surface area contributed by atoms with Crippen LogP contribution >= 0.6 is 0 Å². The van der Waals surface area contributed by atoms with Crippen LogP contribution in [0.15, 0.2) is 54.6 Å². The van der Waals surface area contributed by atoms with Crippen molar-refractivity contribution < 1.29 is 28.5 Å². The smallest absolute Gasteiger partial charge is 0.306 e. The van der Waals surface area contributed by atoms with Gasteiger partial charge in [0.25, 0.3) is 5.91 Å². The number of fused-ring (bicyclic) bond motifs is 2. The van der Waals surface area contributed by atoms with Crippen LogP contribution < -0.4 is 19.5 Å². The van der Waals surface area contributed by atoms with Gasteiger partial charge in [-0.05, 0) is 59.0 Å². The third-order valence-corrected chi connectivity index (χ3v) is 7.23. The maximum atomic E-state index is 12.5. The molecule has 194 valence electrons. The number of rotatable bonds is 8. The molecule has 1 aliphatic carbocycles. The van der Waals surface area contributed by atoms with Gasteiger partial charge in [0, 0.05) is 12.0 Å². The number of benzene rings is 3. The van der Waals surface area contributed by atoms with Gasteiger partial charge in [0.15, 0.2) is 18.1 Å². The Bertz CT molecular complexity index is 1260. The van der Waals surface area contributed by atoms with E-state index in [1.807, 2.05) is 48.5 Å². The first kappa shape index (κ1) is 24.9. The number of ether oxygens (including phenoxy) is 4. The quantitative estimate of drug-likeness (QED) is 0.324. The number of hydrogen-bond acceptors (Lipinski definition) is 6. The summed E-state index contributed by atoms with van der Waals surface area (Å²) >= 11 is 0. The highest BCUT2D eigenvalue weighted by atomic mass is 16.7. The molecule has 1 amide bonds. The van der Waals surface area contributed by atoms with Gasteiger partial charge in [-0.1, -0.05) is 56.0 Å². The molecule has 2 aliphatic rings. The van der Waals surface area contributed by atoms with E-state index in [0.717, 1.165) is 34.7 Å². The first-order chi connectivity index (χ1) is 18.1. The lowest BCUT2D eigenvalue weighted by Crippen LogP contribution is -2.37. The van der Waals surface area contributed by atoms with E-state index in [9.17, 15) is 9.59 Å². The number of carbonyl (C=O) groups is 2. The van der Waals surface area contributed by atoms with Crippen LogP contribution in [0.25, 0.3) is 10.8 Å². The Labute approximate surface area is 217 Å². The molecule has 1 N–H and O–H groups in total. The lowest BCUT2D eigenvalue weighted by atomic mass is 9.87. The molecule has 1 heterocycles. The van der Waals surface area contributed by atoms with Crippen LogP contribution in [-0.4, -0.2) is 38.4 Å². The van der Waals surface area contributed by atoms with E-state index in [1.54, 1.807) is 0 Å². The van der Waals surface area contributed by atoms with Gasteiger partial charge in [-0.2, -0.15) is 0 Å². The number of methoxy groups -OCH3 is 1. The van der Waals surface area contributed by atoms with Crippen LogP contribution in [0.4, 0.5) is 0 Å². The number of nitrogens with one attached hydrogen (secondary N) is 1. The van der Waals surface area contributed by atoms with Gasteiger partial charge in [-0.3, -0.25) is 9.59 Å². The molecule has 0 bridgehead atoms. The fourth-order valence-electron chi connectivity index (χ4n) is 5.20. The van der Waals surface area contributed by atoms with E-state index in [2.05, 4.69) is 11.4 Å². The van der Waals surface area contributed by atoms with Crippen molar-refractivity contribution in [3.05, 3.63) is 65.7 Å². The van der Waals surface area contributed by atoms with Crippen molar-refractivity contribution in [2.24, 2.45) is 0 Å². The van der Waals surface area contributed by atoms with Crippen molar-refractivity contribution in [2.45, 2.75) is 56.9 Å². The minimum Gasteiger partial charge on any atom is -0.484 e. The summed E-state index contributed by atoms with van der Waals surface area (Å²) < 4.78 is 21.8. The summed E-state index contributed by atoms with van der Waals surface area (Å²) in [5, 5.41) is 5.13. The fourth-order valence-corrected chi connectivity index (χ4v) is 5.20. The van der Waals surface area contributed by atoms with Crippen molar-refractivity contribution in [3.8, 4) is 17.2 Å². The van der Waals surface area contributed by atoms with Crippen LogP contribution in [0.5, 0.6) is 17.2 Å². The lowest BCUT2D eigenvalue weighted by molar-refractivity contribution is -0.140. The first-order valence-electron chi connectivity index (χ1n) is 13.0. The molecule has 0 saturated heterocycles. The molecule has 1 atom stereocenters. The van der Waals surface area contributed by atoms with Gasteiger partial charge in [0.2, 0.25) is 6.79 Å². The molecule has 1 fully saturated rings. The number of hydrogen-bond donors (Lipinski definition) is 1. The number of carbonyl (C=O) groups excluding carboxylic acids is 2. The molecule has 3 aromatic carbocycles. The average molecular weight is 504 g/mol. The minimum atomic E-state index is -0.292. The Kier molecular flexibility index (Phi) is 7.78. The van der Waals surface area contributed by atoms with Gasteiger partial charge in [0.1, 0.15) is 5.75 Å². The molecular formula is C30H33NO6. The van der Waals surface area contributed by atoms with E-state index in [4.69, 9.17) is 18.9 Å². The maximum absolute atomic E-state index is 12.5. The highest BCUT2D eigenvalue weighted by Crippen LogP contribution is 2.38.